The second-order valence-electron chi connectivity index (χ2n) is 8.49. The Hall–Kier alpha value is -2.91. The van der Waals surface area contributed by atoms with Crippen LogP contribution < -0.4 is 11.1 Å². The Morgan fingerprint density at radius 1 is 1.21 bits per heavy atom. The number of hydrogen-bond acceptors (Lipinski definition) is 6. The van der Waals surface area contributed by atoms with Gasteiger partial charge in [-0.1, -0.05) is 0 Å². The number of aryl methyl sites for hydroxylation is 1. The van der Waals surface area contributed by atoms with Crippen molar-refractivity contribution in [2.75, 3.05) is 27.4 Å². The standard InChI is InChI=1S/C24H36N6O3/c1-16(25)23(17(2)26-3)18-14-21(28-22(15-18)30-11-10-29(30)4)24(31)27-19-6-8-20(9-7-19)33-13-12-32-5/h10-11,14-15,19-20H,6-9,12-13,25H2,1-5H3,(H,27,31)/b23-16+,26-17?. The van der Waals surface area contributed by atoms with Crippen LogP contribution in [-0.4, -0.2) is 65.5 Å². The number of amides is 1. The van der Waals surface area contributed by atoms with Crippen LogP contribution in [-0.2, 0) is 16.5 Å². The van der Waals surface area contributed by atoms with Gasteiger partial charge >= 0.3 is 0 Å². The van der Waals surface area contributed by atoms with Crippen LogP contribution in [0.2, 0.25) is 0 Å². The SMILES string of the molecule is CN=C(C)/C(=C(/C)N)c1cc(C(=O)NC2CCC(OCCOC)CC2)nc(-n2ccn2C)c1. The molecule has 0 spiro atoms. The van der Waals surface area contributed by atoms with Gasteiger partial charge in [-0.15, -0.1) is 0 Å². The molecule has 9 nitrogen and oxygen atoms in total. The molecule has 0 saturated heterocycles. The van der Waals surface area contributed by atoms with Gasteiger partial charge in [0.25, 0.3) is 5.91 Å². The fourth-order valence-electron chi connectivity index (χ4n) is 4.16. The molecular weight excluding hydrogens is 420 g/mol. The first-order chi connectivity index (χ1) is 15.8. The van der Waals surface area contributed by atoms with E-state index in [1.54, 1.807) is 20.2 Å². The average molecular weight is 457 g/mol. The predicted molar refractivity (Wildman–Crippen MR) is 130 cm³/mol. The summed E-state index contributed by atoms with van der Waals surface area (Å²) >= 11 is 0. The van der Waals surface area contributed by atoms with Crippen molar-refractivity contribution in [3.63, 3.8) is 0 Å². The number of pyridine rings is 1. The average Bonchev–Trinajstić information content (AvgIpc) is 2.79. The van der Waals surface area contributed by atoms with Gasteiger partial charge in [0.1, 0.15) is 5.69 Å². The minimum atomic E-state index is -0.186. The molecule has 1 saturated carbocycles. The van der Waals surface area contributed by atoms with Crippen LogP contribution in [0.15, 0.2) is 35.2 Å². The highest BCUT2D eigenvalue weighted by Crippen LogP contribution is 2.24. The molecule has 1 fully saturated rings. The van der Waals surface area contributed by atoms with E-state index in [9.17, 15) is 4.79 Å². The first-order valence-electron chi connectivity index (χ1n) is 11.4. The molecule has 1 aliphatic carbocycles. The second-order valence-corrected chi connectivity index (χ2v) is 8.49. The Balaban J connectivity index is 1.80. The lowest BCUT2D eigenvalue weighted by molar-refractivity contribution is -0.00409. The molecular formula is C24H36N6O3. The molecule has 0 aromatic carbocycles. The van der Waals surface area contributed by atoms with Gasteiger partial charge in [-0.05, 0) is 57.2 Å². The van der Waals surface area contributed by atoms with E-state index in [0.29, 0.717) is 30.4 Å². The Kier molecular flexibility index (Phi) is 8.46. The number of aromatic nitrogens is 3. The monoisotopic (exact) mass is 456 g/mol. The number of ether oxygens (including phenoxy) is 2. The first kappa shape index (κ1) is 24.7. The maximum absolute atomic E-state index is 13.2. The fraction of sp³-hybridized carbons (Fsp3) is 0.542. The first-order valence-corrected chi connectivity index (χ1v) is 11.4. The summed E-state index contributed by atoms with van der Waals surface area (Å²) in [5, 5.41) is 3.17. The summed E-state index contributed by atoms with van der Waals surface area (Å²) in [4.78, 5) is 22.2. The molecule has 2 aromatic rings. The second kappa shape index (κ2) is 11.3. The summed E-state index contributed by atoms with van der Waals surface area (Å²) in [6, 6.07) is 3.83. The lowest BCUT2D eigenvalue weighted by atomic mass is 9.92. The molecule has 1 aliphatic rings. The Labute approximate surface area is 195 Å². The number of carbonyl (C=O) groups excluding carboxylic acids is 1. The molecule has 2 heterocycles. The van der Waals surface area contributed by atoms with E-state index in [1.807, 2.05) is 48.7 Å². The number of carbonyl (C=O) groups is 1. The maximum Gasteiger partial charge on any atom is 0.270 e. The van der Waals surface area contributed by atoms with Gasteiger partial charge in [0.05, 0.1) is 19.3 Å². The van der Waals surface area contributed by atoms with E-state index in [2.05, 4.69) is 15.3 Å². The molecule has 3 rings (SSSR count). The molecule has 0 atom stereocenters. The molecule has 1 amide bonds. The predicted octanol–water partition coefficient (Wildman–Crippen LogP) is 2.70. The van der Waals surface area contributed by atoms with Crippen LogP contribution in [0.25, 0.3) is 11.4 Å². The minimum Gasteiger partial charge on any atom is -0.402 e. The molecule has 180 valence electrons. The van der Waals surface area contributed by atoms with Crippen LogP contribution in [0.4, 0.5) is 0 Å². The van der Waals surface area contributed by atoms with Gasteiger partial charge in [0, 0.05) is 56.6 Å². The normalized spacial score (nSPS) is 20.0. The van der Waals surface area contributed by atoms with E-state index in [0.717, 1.165) is 42.5 Å². The Bertz CT molecular complexity index is 1010. The third-order valence-electron chi connectivity index (χ3n) is 6.07. The zero-order valence-corrected chi connectivity index (χ0v) is 20.3. The molecule has 0 aliphatic heterocycles. The lowest BCUT2D eigenvalue weighted by Gasteiger charge is -2.29. The number of nitrogens with one attached hydrogen (secondary N) is 1. The fourth-order valence-corrected chi connectivity index (χ4v) is 4.16. The quantitative estimate of drug-likeness (QED) is 0.445. The van der Waals surface area contributed by atoms with E-state index in [4.69, 9.17) is 15.2 Å². The van der Waals surface area contributed by atoms with Crippen LogP contribution in [0.5, 0.6) is 0 Å². The molecule has 9 heteroatoms. The molecule has 3 N–H and O–H groups in total. The molecule has 2 aromatic heterocycles. The van der Waals surface area contributed by atoms with Crippen molar-refractivity contribution in [3.05, 3.63) is 41.5 Å². The van der Waals surface area contributed by atoms with Crippen LogP contribution in [0.3, 0.4) is 0 Å². The number of rotatable bonds is 9. The number of nitrogens with zero attached hydrogens (tertiary/aromatic N) is 4. The van der Waals surface area contributed by atoms with Crippen molar-refractivity contribution in [3.8, 4) is 5.82 Å². The van der Waals surface area contributed by atoms with E-state index >= 15 is 0 Å². The third kappa shape index (κ3) is 6.11. The van der Waals surface area contributed by atoms with Crippen LogP contribution in [0, 0.1) is 0 Å². The van der Waals surface area contributed by atoms with Crippen molar-refractivity contribution < 1.29 is 14.3 Å². The van der Waals surface area contributed by atoms with E-state index < -0.39 is 0 Å². The molecule has 0 bridgehead atoms. The lowest BCUT2D eigenvalue weighted by Crippen LogP contribution is -2.39. The third-order valence-corrected chi connectivity index (χ3v) is 6.07. The van der Waals surface area contributed by atoms with Gasteiger partial charge < -0.3 is 20.5 Å². The van der Waals surface area contributed by atoms with Crippen molar-refractivity contribution in [2.24, 2.45) is 17.8 Å². The van der Waals surface area contributed by atoms with Crippen LogP contribution >= 0.6 is 0 Å². The minimum absolute atomic E-state index is 0.102. The number of hydrogen-bond donors (Lipinski definition) is 2. The highest BCUT2D eigenvalue weighted by Gasteiger charge is 2.24. The summed E-state index contributed by atoms with van der Waals surface area (Å²) < 4.78 is 14.7. The summed E-state index contributed by atoms with van der Waals surface area (Å²) in [7, 11) is 5.32. The summed E-state index contributed by atoms with van der Waals surface area (Å²) in [5.74, 6) is 0.467. The zero-order chi connectivity index (χ0) is 24.0. The van der Waals surface area contributed by atoms with Crippen LogP contribution in [0.1, 0.15) is 55.6 Å². The smallest absolute Gasteiger partial charge is 0.270 e. The van der Waals surface area contributed by atoms with Gasteiger partial charge in [-0.2, -0.15) is 0 Å². The highest BCUT2D eigenvalue weighted by molar-refractivity contribution is 6.23. The zero-order valence-electron chi connectivity index (χ0n) is 20.3. The van der Waals surface area contributed by atoms with Gasteiger partial charge in [-0.3, -0.25) is 14.5 Å². The molecule has 0 radical (unpaired) electrons. The van der Waals surface area contributed by atoms with Gasteiger partial charge in [0.2, 0.25) is 0 Å². The number of nitrogens with two attached hydrogens (primary N) is 1. The van der Waals surface area contributed by atoms with Gasteiger partial charge in [-0.25, -0.2) is 9.67 Å². The molecule has 0 unspecified atom stereocenters. The number of aliphatic imine (C=N–C) groups is 1. The van der Waals surface area contributed by atoms with E-state index in [-0.39, 0.29) is 18.1 Å². The summed E-state index contributed by atoms with van der Waals surface area (Å²) in [6.07, 6.45) is 7.64. The van der Waals surface area contributed by atoms with Crippen molar-refractivity contribution in [1.82, 2.24) is 19.7 Å². The Morgan fingerprint density at radius 2 is 1.94 bits per heavy atom. The largest absolute Gasteiger partial charge is 0.402 e. The number of methoxy groups -OCH3 is 1. The van der Waals surface area contributed by atoms with Crippen molar-refractivity contribution in [1.29, 1.82) is 0 Å². The molecule has 33 heavy (non-hydrogen) atoms. The van der Waals surface area contributed by atoms with Crippen molar-refractivity contribution >= 4 is 17.2 Å². The topological polar surface area (TPSA) is 109 Å². The summed E-state index contributed by atoms with van der Waals surface area (Å²) in [6.45, 7) is 4.96. The summed E-state index contributed by atoms with van der Waals surface area (Å²) in [5.41, 5.74) is 9.63. The Morgan fingerprint density at radius 3 is 2.48 bits per heavy atom. The van der Waals surface area contributed by atoms with Crippen molar-refractivity contribution in [2.45, 2.75) is 51.7 Å². The maximum atomic E-state index is 13.2. The van der Waals surface area contributed by atoms with E-state index in [1.165, 1.54) is 0 Å². The highest BCUT2D eigenvalue weighted by atomic mass is 16.5. The number of allylic oxidation sites excluding steroid dienone is 2. The van der Waals surface area contributed by atoms with Gasteiger partial charge in [0.15, 0.2) is 5.82 Å².